The molecule has 0 aliphatic carbocycles. The normalized spacial score (nSPS) is 11.9. The van der Waals surface area contributed by atoms with Gasteiger partial charge in [0.25, 0.3) is 0 Å². The van der Waals surface area contributed by atoms with Gasteiger partial charge in [-0.2, -0.15) is 0 Å². The molecule has 3 aromatic rings. The maximum absolute atomic E-state index is 13.1. The lowest BCUT2D eigenvalue weighted by Gasteiger charge is -2.15. The Bertz CT molecular complexity index is 1020. The van der Waals surface area contributed by atoms with Crippen molar-refractivity contribution in [3.63, 3.8) is 0 Å². The van der Waals surface area contributed by atoms with E-state index in [1.54, 1.807) is 12.1 Å². The zero-order valence-corrected chi connectivity index (χ0v) is 18.3. The van der Waals surface area contributed by atoms with Crippen LogP contribution in [0.4, 0.5) is 10.1 Å². The zero-order chi connectivity index (χ0) is 21.7. The zero-order valence-electron chi connectivity index (χ0n) is 17.5. The van der Waals surface area contributed by atoms with Crippen LogP contribution in [-0.4, -0.2) is 26.4 Å². The van der Waals surface area contributed by atoms with E-state index in [-0.39, 0.29) is 23.6 Å². The summed E-state index contributed by atoms with van der Waals surface area (Å²) in [6.45, 7) is 8.49. The number of aryl methyl sites for hydroxylation is 1. The van der Waals surface area contributed by atoms with Crippen molar-refractivity contribution in [3.8, 4) is 5.75 Å². The Kier molecular flexibility index (Phi) is 7.10. The predicted molar refractivity (Wildman–Crippen MR) is 116 cm³/mol. The van der Waals surface area contributed by atoms with Gasteiger partial charge >= 0.3 is 0 Å². The highest BCUT2D eigenvalue weighted by Gasteiger charge is 2.19. The molecule has 1 aromatic heterocycles. The van der Waals surface area contributed by atoms with E-state index < -0.39 is 0 Å². The van der Waals surface area contributed by atoms with Gasteiger partial charge in [0.2, 0.25) is 5.91 Å². The summed E-state index contributed by atoms with van der Waals surface area (Å²) in [5.41, 5.74) is 3.01. The summed E-state index contributed by atoms with van der Waals surface area (Å²) in [7, 11) is 0. The highest BCUT2D eigenvalue weighted by Crippen LogP contribution is 2.25. The van der Waals surface area contributed by atoms with E-state index in [2.05, 4.69) is 15.5 Å². The number of benzene rings is 2. The van der Waals surface area contributed by atoms with Gasteiger partial charge in [-0.15, -0.1) is 10.2 Å². The van der Waals surface area contributed by atoms with Crippen molar-refractivity contribution in [1.29, 1.82) is 0 Å². The van der Waals surface area contributed by atoms with Crippen LogP contribution in [0.1, 0.15) is 36.9 Å². The van der Waals surface area contributed by atoms with Crippen molar-refractivity contribution >= 4 is 23.4 Å². The minimum absolute atomic E-state index is 0.100. The Labute approximate surface area is 179 Å². The lowest BCUT2D eigenvalue weighted by molar-refractivity contribution is -0.113. The lowest BCUT2D eigenvalue weighted by Crippen LogP contribution is -2.16. The minimum atomic E-state index is -0.374. The van der Waals surface area contributed by atoms with Gasteiger partial charge in [0.15, 0.2) is 17.1 Å². The van der Waals surface area contributed by atoms with Gasteiger partial charge in [-0.3, -0.25) is 4.79 Å². The average molecular weight is 429 g/mol. The minimum Gasteiger partial charge on any atom is -0.483 e. The molecule has 0 saturated heterocycles. The molecular formula is C22H25FN4O2S. The van der Waals surface area contributed by atoms with Crippen molar-refractivity contribution in [1.82, 2.24) is 14.8 Å². The summed E-state index contributed by atoms with van der Waals surface area (Å²) in [6.07, 6.45) is -0.374. The Morgan fingerprint density at radius 1 is 1.20 bits per heavy atom. The molecule has 0 aliphatic rings. The van der Waals surface area contributed by atoms with E-state index in [4.69, 9.17) is 4.74 Å². The summed E-state index contributed by atoms with van der Waals surface area (Å²) < 4.78 is 20.9. The molecule has 0 fully saturated rings. The molecule has 3 rings (SSSR count). The maximum atomic E-state index is 13.1. The van der Waals surface area contributed by atoms with Crippen LogP contribution in [0.25, 0.3) is 0 Å². The molecule has 30 heavy (non-hydrogen) atoms. The van der Waals surface area contributed by atoms with Gasteiger partial charge in [0.1, 0.15) is 11.6 Å². The quantitative estimate of drug-likeness (QED) is 0.516. The lowest BCUT2D eigenvalue weighted by atomic mass is 10.1. The van der Waals surface area contributed by atoms with Gasteiger partial charge in [-0.25, -0.2) is 4.39 Å². The fraction of sp³-hybridized carbons (Fsp3) is 0.318. The summed E-state index contributed by atoms with van der Waals surface area (Å²) in [6, 6.07) is 11.7. The first-order valence-electron chi connectivity index (χ1n) is 9.73. The van der Waals surface area contributed by atoms with Crippen LogP contribution >= 0.6 is 11.8 Å². The Morgan fingerprint density at radius 3 is 2.63 bits per heavy atom. The topological polar surface area (TPSA) is 69.0 Å². The molecule has 1 amide bonds. The fourth-order valence-electron chi connectivity index (χ4n) is 2.98. The molecule has 0 aliphatic heterocycles. The second-order valence-electron chi connectivity index (χ2n) is 6.88. The van der Waals surface area contributed by atoms with Crippen molar-refractivity contribution in [2.24, 2.45) is 0 Å². The number of thioether (sulfide) groups is 1. The first-order chi connectivity index (χ1) is 14.4. The third-order valence-corrected chi connectivity index (χ3v) is 5.73. The van der Waals surface area contributed by atoms with Gasteiger partial charge in [-0.05, 0) is 69.2 Å². The molecule has 1 atom stereocenters. The molecule has 6 nitrogen and oxygen atoms in total. The number of halogens is 1. The van der Waals surface area contributed by atoms with E-state index in [1.807, 2.05) is 50.5 Å². The van der Waals surface area contributed by atoms with Crippen LogP contribution in [0, 0.1) is 19.7 Å². The predicted octanol–water partition coefficient (Wildman–Crippen LogP) is 4.92. The van der Waals surface area contributed by atoms with E-state index in [0.29, 0.717) is 23.3 Å². The first-order valence-corrected chi connectivity index (χ1v) is 10.7. The number of anilines is 1. The molecule has 8 heteroatoms. The molecule has 0 bridgehead atoms. The second-order valence-corrected chi connectivity index (χ2v) is 7.83. The van der Waals surface area contributed by atoms with Crippen molar-refractivity contribution in [2.45, 2.75) is 45.5 Å². The van der Waals surface area contributed by atoms with Crippen LogP contribution < -0.4 is 10.1 Å². The van der Waals surface area contributed by atoms with E-state index in [0.717, 1.165) is 16.8 Å². The number of amides is 1. The van der Waals surface area contributed by atoms with Gasteiger partial charge < -0.3 is 14.6 Å². The molecule has 0 spiro atoms. The second kappa shape index (κ2) is 9.75. The maximum Gasteiger partial charge on any atom is 0.234 e. The van der Waals surface area contributed by atoms with Gasteiger partial charge in [0.05, 0.1) is 5.75 Å². The van der Waals surface area contributed by atoms with Crippen LogP contribution in [-0.2, 0) is 11.3 Å². The number of nitrogens with zero attached hydrogens (tertiary/aromatic N) is 3. The SMILES string of the molecule is CCn1c(SCC(=O)Nc2cccc(C)c2C)nnc1C(C)Oc1ccc(F)cc1. The third-order valence-electron chi connectivity index (χ3n) is 4.76. The molecule has 0 saturated carbocycles. The highest BCUT2D eigenvalue weighted by atomic mass is 32.2. The van der Waals surface area contributed by atoms with E-state index in [1.165, 1.54) is 23.9 Å². The molecule has 158 valence electrons. The Hall–Kier alpha value is -2.87. The van der Waals surface area contributed by atoms with E-state index >= 15 is 0 Å². The average Bonchev–Trinajstić information content (AvgIpc) is 3.14. The summed E-state index contributed by atoms with van der Waals surface area (Å²) >= 11 is 1.33. The summed E-state index contributed by atoms with van der Waals surface area (Å²) in [5.74, 6) is 1.01. The summed E-state index contributed by atoms with van der Waals surface area (Å²) in [4.78, 5) is 12.4. The van der Waals surface area contributed by atoms with E-state index in [9.17, 15) is 9.18 Å². The Balaban J connectivity index is 1.64. The number of rotatable bonds is 8. The number of hydrogen-bond donors (Lipinski definition) is 1. The third kappa shape index (κ3) is 5.18. The van der Waals surface area contributed by atoms with Crippen LogP contribution in [0.3, 0.4) is 0 Å². The smallest absolute Gasteiger partial charge is 0.234 e. The van der Waals surface area contributed by atoms with Crippen molar-refractivity contribution in [3.05, 3.63) is 65.2 Å². The fourth-order valence-corrected chi connectivity index (χ4v) is 3.79. The van der Waals surface area contributed by atoms with Gasteiger partial charge in [-0.1, -0.05) is 23.9 Å². The number of ether oxygens (including phenoxy) is 1. The van der Waals surface area contributed by atoms with Crippen LogP contribution in [0.5, 0.6) is 5.75 Å². The number of carbonyl (C=O) groups is 1. The molecule has 1 unspecified atom stereocenters. The van der Waals surface area contributed by atoms with Gasteiger partial charge in [0, 0.05) is 12.2 Å². The highest BCUT2D eigenvalue weighted by molar-refractivity contribution is 7.99. The van der Waals surface area contributed by atoms with Crippen LogP contribution in [0.2, 0.25) is 0 Å². The molecule has 0 radical (unpaired) electrons. The number of carbonyl (C=O) groups excluding carboxylic acids is 1. The standard InChI is InChI=1S/C22H25FN4O2S/c1-5-27-21(16(4)29-18-11-9-17(23)10-12-18)25-26-22(27)30-13-20(28)24-19-8-6-7-14(2)15(19)3/h6-12,16H,5,13H2,1-4H3,(H,24,28). The van der Waals surface area contributed by atoms with Crippen LogP contribution in [0.15, 0.2) is 47.6 Å². The monoisotopic (exact) mass is 428 g/mol. The molecule has 1 N–H and O–H groups in total. The molecular weight excluding hydrogens is 403 g/mol. The summed E-state index contributed by atoms with van der Waals surface area (Å²) in [5, 5.41) is 12.1. The largest absolute Gasteiger partial charge is 0.483 e. The van der Waals surface area contributed by atoms with Crippen molar-refractivity contribution < 1.29 is 13.9 Å². The number of nitrogens with one attached hydrogen (secondary N) is 1. The number of hydrogen-bond acceptors (Lipinski definition) is 5. The molecule has 2 aromatic carbocycles. The van der Waals surface area contributed by atoms with Crippen molar-refractivity contribution in [2.75, 3.05) is 11.1 Å². The Morgan fingerprint density at radius 2 is 1.93 bits per heavy atom. The first kappa shape index (κ1) is 21.8. The molecule has 1 heterocycles. The number of aromatic nitrogens is 3.